The first-order chi connectivity index (χ1) is 8.70. The Bertz CT molecular complexity index is 522. The van der Waals surface area contributed by atoms with Crippen molar-refractivity contribution < 1.29 is 5.11 Å². The van der Waals surface area contributed by atoms with Crippen LogP contribution in [0.15, 0.2) is 23.6 Å². The molecule has 0 fully saturated rings. The molecule has 4 heteroatoms. The number of aryl methyl sites for hydroxylation is 2. The predicted molar refractivity (Wildman–Crippen MR) is 74.9 cm³/mol. The Morgan fingerprint density at radius 3 is 2.89 bits per heavy atom. The Morgan fingerprint density at radius 2 is 2.11 bits per heavy atom. The number of pyridine rings is 1. The first-order valence-corrected chi connectivity index (χ1v) is 7.00. The van der Waals surface area contributed by atoms with Gasteiger partial charge in [0.25, 0.3) is 0 Å². The molecule has 0 radical (unpaired) electrons. The minimum atomic E-state index is 0.259. The number of rotatable bonds is 5. The van der Waals surface area contributed by atoms with E-state index in [9.17, 15) is 5.11 Å². The summed E-state index contributed by atoms with van der Waals surface area (Å²) in [5, 5.41) is 15.2. The molecule has 0 spiro atoms. The second kappa shape index (κ2) is 5.98. The Balaban J connectivity index is 1.94. The maximum atomic E-state index is 9.69. The minimum Gasteiger partial charge on any atom is -0.506 e. The zero-order valence-electron chi connectivity index (χ0n) is 10.7. The van der Waals surface area contributed by atoms with Crippen molar-refractivity contribution in [1.82, 2.24) is 10.3 Å². The number of hydrogen-bond donors (Lipinski definition) is 2. The quantitative estimate of drug-likeness (QED) is 0.870. The van der Waals surface area contributed by atoms with Crippen LogP contribution in [0.2, 0.25) is 0 Å². The van der Waals surface area contributed by atoms with Gasteiger partial charge in [0, 0.05) is 23.7 Å². The van der Waals surface area contributed by atoms with Crippen molar-refractivity contribution in [2.45, 2.75) is 33.4 Å². The number of nitrogens with zero attached hydrogens (tertiary/aromatic N) is 1. The lowest BCUT2D eigenvalue weighted by atomic mass is 10.2. The summed E-state index contributed by atoms with van der Waals surface area (Å²) in [5.41, 5.74) is 3.04. The molecule has 0 bridgehead atoms. The van der Waals surface area contributed by atoms with Gasteiger partial charge >= 0.3 is 0 Å². The normalized spacial score (nSPS) is 10.8. The molecule has 18 heavy (non-hydrogen) atoms. The summed E-state index contributed by atoms with van der Waals surface area (Å²) in [6.07, 6.45) is 1.06. The largest absolute Gasteiger partial charge is 0.506 e. The third kappa shape index (κ3) is 3.09. The highest BCUT2D eigenvalue weighted by molar-refractivity contribution is 7.10. The fraction of sp³-hybridized carbons (Fsp3) is 0.357. The van der Waals surface area contributed by atoms with E-state index in [0.29, 0.717) is 12.2 Å². The topological polar surface area (TPSA) is 45.2 Å². The second-order valence-corrected chi connectivity index (χ2v) is 5.25. The Morgan fingerprint density at radius 1 is 1.28 bits per heavy atom. The van der Waals surface area contributed by atoms with Gasteiger partial charge in [0.1, 0.15) is 5.75 Å². The lowest BCUT2D eigenvalue weighted by molar-refractivity contribution is 0.459. The molecule has 0 aromatic carbocycles. The molecule has 0 amide bonds. The van der Waals surface area contributed by atoms with Crippen molar-refractivity contribution in [1.29, 1.82) is 0 Å². The van der Waals surface area contributed by atoms with Crippen LogP contribution >= 0.6 is 11.3 Å². The molecular weight excluding hydrogens is 244 g/mol. The maximum Gasteiger partial charge on any atom is 0.138 e. The molecule has 2 rings (SSSR count). The van der Waals surface area contributed by atoms with Gasteiger partial charge in [-0.3, -0.25) is 4.98 Å². The first-order valence-electron chi connectivity index (χ1n) is 6.12. The van der Waals surface area contributed by atoms with Crippen LogP contribution in [0, 0.1) is 6.92 Å². The van der Waals surface area contributed by atoms with Crippen molar-refractivity contribution >= 4 is 11.3 Å². The highest BCUT2D eigenvalue weighted by Gasteiger charge is 2.05. The molecular formula is C14H18N2OS. The molecule has 2 aromatic heterocycles. The summed E-state index contributed by atoms with van der Waals surface area (Å²) in [7, 11) is 0. The van der Waals surface area contributed by atoms with Gasteiger partial charge < -0.3 is 10.4 Å². The molecule has 3 nitrogen and oxygen atoms in total. The Kier molecular flexibility index (Phi) is 4.33. The molecule has 0 aliphatic heterocycles. The van der Waals surface area contributed by atoms with E-state index >= 15 is 0 Å². The smallest absolute Gasteiger partial charge is 0.138 e. The van der Waals surface area contributed by atoms with Gasteiger partial charge in [-0.15, -0.1) is 11.3 Å². The molecule has 0 aliphatic rings. The molecule has 0 aliphatic carbocycles. The standard InChI is InChI=1S/C14H18N2OS/c1-3-11-6-7-18-14(11)9-15-8-12-13(17)5-4-10(2)16-12/h4-7,15,17H,3,8-9H2,1-2H3. The molecule has 0 unspecified atom stereocenters. The highest BCUT2D eigenvalue weighted by Crippen LogP contribution is 2.18. The Labute approximate surface area is 112 Å². The van der Waals surface area contributed by atoms with Gasteiger partial charge in [-0.1, -0.05) is 6.92 Å². The lowest BCUT2D eigenvalue weighted by Crippen LogP contribution is -2.14. The predicted octanol–water partition coefficient (Wildman–Crippen LogP) is 3.01. The van der Waals surface area contributed by atoms with E-state index in [0.717, 1.165) is 18.7 Å². The van der Waals surface area contributed by atoms with Gasteiger partial charge in [0.2, 0.25) is 0 Å². The third-order valence-corrected chi connectivity index (χ3v) is 3.85. The van der Waals surface area contributed by atoms with Gasteiger partial charge in [-0.2, -0.15) is 0 Å². The minimum absolute atomic E-state index is 0.259. The SMILES string of the molecule is CCc1ccsc1CNCc1nc(C)ccc1O. The van der Waals surface area contributed by atoms with E-state index < -0.39 is 0 Å². The summed E-state index contributed by atoms with van der Waals surface area (Å²) in [5.74, 6) is 0.259. The van der Waals surface area contributed by atoms with Crippen LogP contribution in [-0.2, 0) is 19.5 Å². The Hall–Kier alpha value is -1.39. The van der Waals surface area contributed by atoms with Gasteiger partial charge in [0.05, 0.1) is 5.69 Å². The van der Waals surface area contributed by atoms with Gasteiger partial charge in [0.15, 0.2) is 0 Å². The van der Waals surface area contributed by atoms with E-state index in [4.69, 9.17) is 0 Å². The molecule has 0 atom stereocenters. The van der Waals surface area contributed by atoms with Gasteiger partial charge in [-0.05, 0) is 42.5 Å². The number of nitrogens with one attached hydrogen (secondary N) is 1. The van der Waals surface area contributed by atoms with Crippen molar-refractivity contribution in [2.75, 3.05) is 0 Å². The summed E-state index contributed by atoms with van der Waals surface area (Å²) < 4.78 is 0. The highest BCUT2D eigenvalue weighted by atomic mass is 32.1. The zero-order chi connectivity index (χ0) is 13.0. The van der Waals surface area contributed by atoms with Crippen LogP contribution in [0.5, 0.6) is 5.75 Å². The molecule has 0 saturated heterocycles. The monoisotopic (exact) mass is 262 g/mol. The van der Waals surface area contributed by atoms with Crippen LogP contribution in [-0.4, -0.2) is 10.1 Å². The van der Waals surface area contributed by atoms with Crippen LogP contribution in [0.4, 0.5) is 0 Å². The van der Waals surface area contributed by atoms with E-state index in [1.165, 1.54) is 10.4 Å². The summed E-state index contributed by atoms with van der Waals surface area (Å²) in [6, 6.07) is 5.68. The average Bonchev–Trinajstić information content (AvgIpc) is 2.81. The van der Waals surface area contributed by atoms with Crippen molar-refractivity contribution in [3.63, 3.8) is 0 Å². The average molecular weight is 262 g/mol. The second-order valence-electron chi connectivity index (χ2n) is 4.24. The van der Waals surface area contributed by atoms with Crippen LogP contribution < -0.4 is 5.32 Å². The fourth-order valence-electron chi connectivity index (χ4n) is 1.86. The lowest BCUT2D eigenvalue weighted by Gasteiger charge is -2.07. The number of aromatic hydroxyl groups is 1. The van der Waals surface area contributed by atoms with Gasteiger partial charge in [-0.25, -0.2) is 0 Å². The van der Waals surface area contributed by atoms with Crippen LogP contribution in [0.25, 0.3) is 0 Å². The zero-order valence-corrected chi connectivity index (χ0v) is 11.5. The van der Waals surface area contributed by atoms with Crippen molar-refractivity contribution in [3.05, 3.63) is 45.4 Å². The third-order valence-electron chi connectivity index (χ3n) is 2.89. The van der Waals surface area contributed by atoms with E-state index in [1.807, 2.05) is 13.0 Å². The molecule has 2 aromatic rings. The first kappa shape index (κ1) is 13.1. The molecule has 2 heterocycles. The summed E-state index contributed by atoms with van der Waals surface area (Å²) in [6.45, 7) is 5.52. The fourth-order valence-corrected chi connectivity index (χ4v) is 2.81. The van der Waals surface area contributed by atoms with E-state index in [1.54, 1.807) is 17.4 Å². The number of hydrogen-bond acceptors (Lipinski definition) is 4. The van der Waals surface area contributed by atoms with E-state index in [2.05, 4.69) is 28.7 Å². The molecule has 2 N–H and O–H groups in total. The summed E-state index contributed by atoms with van der Waals surface area (Å²) >= 11 is 1.77. The van der Waals surface area contributed by atoms with E-state index in [-0.39, 0.29) is 5.75 Å². The van der Waals surface area contributed by atoms with Crippen LogP contribution in [0.1, 0.15) is 28.8 Å². The van der Waals surface area contributed by atoms with Crippen molar-refractivity contribution in [2.24, 2.45) is 0 Å². The molecule has 0 saturated carbocycles. The molecule has 96 valence electrons. The number of thiophene rings is 1. The summed E-state index contributed by atoms with van der Waals surface area (Å²) in [4.78, 5) is 5.69. The van der Waals surface area contributed by atoms with Crippen LogP contribution in [0.3, 0.4) is 0 Å². The maximum absolute atomic E-state index is 9.69. The van der Waals surface area contributed by atoms with Crippen molar-refractivity contribution in [3.8, 4) is 5.75 Å². The number of aromatic nitrogens is 1.